The molecule has 1 fully saturated rings. The molecule has 0 atom stereocenters. The number of aromatic nitrogens is 1. The molecule has 5 heteroatoms. The van der Waals surface area contributed by atoms with Gasteiger partial charge in [0.15, 0.2) is 0 Å². The number of amides is 1. The number of nitrogens with one attached hydrogen (secondary N) is 1. The van der Waals surface area contributed by atoms with Gasteiger partial charge in [-0.3, -0.25) is 14.7 Å². The number of hydrogen-bond acceptors (Lipinski definition) is 4. The number of piperidine rings is 1. The molecule has 3 rings (SSSR count). The summed E-state index contributed by atoms with van der Waals surface area (Å²) in [5, 5.41) is 12.2. The van der Waals surface area contributed by atoms with Crippen LogP contribution in [-0.4, -0.2) is 40.6 Å². The minimum atomic E-state index is -0.127. The van der Waals surface area contributed by atoms with Gasteiger partial charge in [0.05, 0.1) is 0 Å². The minimum absolute atomic E-state index is 0.127. The van der Waals surface area contributed by atoms with Gasteiger partial charge in [-0.2, -0.15) is 0 Å². The average Bonchev–Trinajstić information content (AvgIpc) is 2.63. The van der Waals surface area contributed by atoms with E-state index in [1.165, 1.54) is 5.56 Å². The number of aliphatic hydroxyl groups is 1. The van der Waals surface area contributed by atoms with Crippen LogP contribution in [-0.2, 0) is 6.54 Å². The fourth-order valence-corrected chi connectivity index (χ4v) is 3.04. The smallest absolute Gasteiger partial charge is 0.255 e. The zero-order chi connectivity index (χ0) is 16.8. The van der Waals surface area contributed by atoms with Crippen molar-refractivity contribution in [2.24, 2.45) is 5.92 Å². The summed E-state index contributed by atoms with van der Waals surface area (Å²) < 4.78 is 0. The Morgan fingerprint density at radius 2 is 1.96 bits per heavy atom. The number of likely N-dealkylation sites (tertiary alicyclic amines) is 1. The van der Waals surface area contributed by atoms with Crippen molar-refractivity contribution in [3.05, 3.63) is 59.9 Å². The van der Waals surface area contributed by atoms with Crippen molar-refractivity contribution in [2.75, 3.05) is 25.0 Å². The van der Waals surface area contributed by atoms with Crippen molar-refractivity contribution in [3.63, 3.8) is 0 Å². The van der Waals surface area contributed by atoms with Crippen LogP contribution in [0.2, 0.25) is 0 Å². The Balaban J connectivity index is 1.59. The Kier molecular flexibility index (Phi) is 5.56. The van der Waals surface area contributed by atoms with Gasteiger partial charge in [-0.1, -0.05) is 12.1 Å². The molecule has 126 valence electrons. The van der Waals surface area contributed by atoms with Gasteiger partial charge in [0.1, 0.15) is 0 Å². The molecule has 1 aromatic carbocycles. The van der Waals surface area contributed by atoms with E-state index in [2.05, 4.69) is 21.3 Å². The Morgan fingerprint density at radius 3 is 2.67 bits per heavy atom. The van der Waals surface area contributed by atoms with E-state index in [0.29, 0.717) is 18.1 Å². The molecular weight excluding hydrogens is 302 g/mol. The third-order valence-electron chi connectivity index (χ3n) is 4.50. The second-order valence-electron chi connectivity index (χ2n) is 6.29. The van der Waals surface area contributed by atoms with E-state index in [1.54, 1.807) is 24.5 Å². The fourth-order valence-electron chi connectivity index (χ4n) is 3.04. The second kappa shape index (κ2) is 8.04. The SMILES string of the molecule is O=C(Nc1cccc(CN2CCC(CO)CC2)c1)c1ccncc1. The standard InChI is InChI=1S/C19H23N3O2/c23-14-15-6-10-22(11-7-15)13-16-2-1-3-18(12-16)21-19(24)17-4-8-20-9-5-17/h1-5,8-9,12,15,23H,6-7,10-11,13-14H2,(H,21,24). The van der Waals surface area contributed by atoms with Crippen LogP contribution in [0.4, 0.5) is 5.69 Å². The normalized spacial score (nSPS) is 16.0. The summed E-state index contributed by atoms with van der Waals surface area (Å²) in [6.45, 7) is 3.19. The molecule has 0 unspecified atom stereocenters. The summed E-state index contributed by atoms with van der Waals surface area (Å²) in [5.74, 6) is 0.325. The summed E-state index contributed by atoms with van der Waals surface area (Å²) in [6, 6.07) is 11.4. The van der Waals surface area contributed by atoms with Gasteiger partial charge in [-0.15, -0.1) is 0 Å². The highest BCUT2D eigenvalue weighted by Gasteiger charge is 2.18. The van der Waals surface area contributed by atoms with E-state index >= 15 is 0 Å². The molecule has 0 spiro atoms. The molecule has 0 saturated carbocycles. The lowest BCUT2D eigenvalue weighted by Gasteiger charge is -2.31. The molecule has 0 radical (unpaired) electrons. The Hall–Kier alpha value is -2.24. The van der Waals surface area contributed by atoms with Gasteiger partial charge < -0.3 is 10.4 Å². The molecule has 5 nitrogen and oxygen atoms in total. The van der Waals surface area contributed by atoms with Crippen LogP contribution in [0.5, 0.6) is 0 Å². The molecule has 2 N–H and O–H groups in total. The number of benzene rings is 1. The molecule has 1 aliphatic heterocycles. The molecule has 1 amide bonds. The van der Waals surface area contributed by atoms with Crippen molar-refractivity contribution in [2.45, 2.75) is 19.4 Å². The highest BCUT2D eigenvalue weighted by molar-refractivity contribution is 6.04. The first kappa shape index (κ1) is 16.6. The van der Waals surface area contributed by atoms with Gasteiger partial charge in [0.25, 0.3) is 5.91 Å². The Bertz CT molecular complexity index is 667. The summed E-state index contributed by atoms with van der Waals surface area (Å²) in [7, 11) is 0. The number of pyridine rings is 1. The van der Waals surface area contributed by atoms with Crippen LogP contribution in [0.25, 0.3) is 0 Å². The maximum Gasteiger partial charge on any atom is 0.255 e. The average molecular weight is 325 g/mol. The second-order valence-corrected chi connectivity index (χ2v) is 6.29. The molecule has 1 aromatic heterocycles. The van der Waals surface area contributed by atoms with Gasteiger partial charge >= 0.3 is 0 Å². The molecular formula is C19H23N3O2. The molecule has 1 aliphatic rings. The lowest BCUT2D eigenvalue weighted by Crippen LogP contribution is -2.34. The third-order valence-corrected chi connectivity index (χ3v) is 4.50. The van der Waals surface area contributed by atoms with Gasteiger partial charge in [-0.05, 0) is 61.7 Å². The topological polar surface area (TPSA) is 65.5 Å². The first-order chi connectivity index (χ1) is 11.7. The van der Waals surface area contributed by atoms with E-state index in [-0.39, 0.29) is 5.91 Å². The maximum atomic E-state index is 12.2. The van der Waals surface area contributed by atoms with E-state index < -0.39 is 0 Å². The van der Waals surface area contributed by atoms with Gasteiger partial charge in [-0.25, -0.2) is 0 Å². The zero-order valence-corrected chi connectivity index (χ0v) is 13.7. The number of aliphatic hydroxyl groups excluding tert-OH is 1. The molecule has 2 aromatic rings. The highest BCUT2D eigenvalue weighted by Crippen LogP contribution is 2.20. The number of carbonyl (C=O) groups excluding carboxylic acids is 1. The van der Waals surface area contributed by atoms with E-state index in [0.717, 1.165) is 38.2 Å². The molecule has 0 bridgehead atoms. The maximum absolute atomic E-state index is 12.2. The molecule has 2 heterocycles. The quantitative estimate of drug-likeness (QED) is 0.887. The van der Waals surface area contributed by atoms with E-state index in [1.807, 2.05) is 18.2 Å². The van der Waals surface area contributed by atoms with Crippen molar-refractivity contribution in [3.8, 4) is 0 Å². The van der Waals surface area contributed by atoms with Gasteiger partial charge in [0, 0.05) is 36.8 Å². The van der Waals surface area contributed by atoms with E-state index in [4.69, 9.17) is 0 Å². The summed E-state index contributed by atoms with van der Waals surface area (Å²) >= 11 is 0. The van der Waals surface area contributed by atoms with Crippen molar-refractivity contribution >= 4 is 11.6 Å². The van der Waals surface area contributed by atoms with Gasteiger partial charge in [0.2, 0.25) is 0 Å². The van der Waals surface area contributed by atoms with Crippen molar-refractivity contribution in [1.82, 2.24) is 9.88 Å². The number of hydrogen-bond donors (Lipinski definition) is 2. The number of rotatable bonds is 5. The summed E-state index contributed by atoms with van der Waals surface area (Å²) in [5.41, 5.74) is 2.59. The molecule has 0 aliphatic carbocycles. The number of carbonyl (C=O) groups is 1. The first-order valence-corrected chi connectivity index (χ1v) is 8.38. The van der Waals surface area contributed by atoms with Crippen LogP contribution in [0, 0.1) is 5.92 Å². The third kappa shape index (κ3) is 4.40. The molecule has 24 heavy (non-hydrogen) atoms. The fraction of sp³-hybridized carbons (Fsp3) is 0.368. The van der Waals surface area contributed by atoms with Crippen LogP contribution >= 0.6 is 0 Å². The largest absolute Gasteiger partial charge is 0.396 e. The Labute approximate surface area is 142 Å². The predicted molar refractivity (Wildman–Crippen MR) is 93.7 cm³/mol. The van der Waals surface area contributed by atoms with Crippen LogP contribution in [0.1, 0.15) is 28.8 Å². The zero-order valence-electron chi connectivity index (χ0n) is 13.7. The minimum Gasteiger partial charge on any atom is -0.396 e. The van der Waals surface area contributed by atoms with Crippen LogP contribution in [0.3, 0.4) is 0 Å². The number of nitrogens with zero attached hydrogens (tertiary/aromatic N) is 2. The Morgan fingerprint density at radius 1 is 1.21 bits per heavy atom. The molecule has 1 saturated heterocycles. The monoisotopic (exact) mass is 325 g/mol. The predicted octanol–water partition coefficient (Wildman–Crippen LogP) is 2.54. The lowest BCUT2D eigenvalue weighted by molar-refractivity contribution is 0.102. The van der Waals surface area contributed by atoms with Crippen LogP contribution < -0.4 is 5.32 Å². The van der Waals surface area contributed by atoms with Crippen molar-refractivity contribution in [1.29, 1.82) is 0 Å². The lowest BCUT2D eigenvalue weighted by atomic mass is 9.97. The van der Waals surface area contributed by atoms with E-state index in [9.17, 15) is 9.90 Å². The summed E-state index contributed by atoms with van der Waals surface area (Å²) in [4.78, 5) is 18.5. The van der Waals surface area contributed by atoms with Crippen molar-refractivity contribution < 1.29 is 9.90 Å². The highest BCUT2D eigenvalue weighted by atomic mass is 16.3. The first-order valence-electron chi connectivity index (χ1n) is 8.38. The van der Waals surface area contributed by atoms with Crippen LogP contribution in [0.15, 0.2) is 48.8 Å². The summed E-state index contributed by atoms with van der Waals surface area (Å²) in [6.07, 6.45) is 5.33. The number of anilines is 1.